The molecule has 1 aromatic carbocycles. The van der Waals surface area contributed by atoms with E-state index in [1.807, 2.05) is 60.2 Å². The predicted molar refractivity (Wildman–Crippen MR) is 156 cm³/mol. The topological polar surface area (TPSA) is 129 Å². The van der Waals surface area contributed by atoms with Crippen LogP contribution in [-0.2, 0) is 12.8 Å². The van der Waals surface area contributed by atoms with Crippen molar-refractivity contribution in [2.45, 2.75) is 32.2 Å². The van der Waals surface area contributed by atoms with Crippen LogP contribution in [0.3, 0.4) is 0 Å². The Morgan fingerprint density at radius 3 is 2.73 bits per heavy atom. The molecule has 1 amide bonds. The summed E-state index contributed by atoms with van der Waals surface area (Å²) in [5.41, 5.74) is 13.1. The van der Waals surface area contributed by atoms with Crippen LogP contribution in [0.15, 0.2) is 85.5 Å². The van der Waals surface area contributed by atoms with Gasteiger partial charge in [0.1, 0.15) is 11.3 Å². The minimum absolute atomic E-state index is 0.0750. The average Bonchev–Trinajstić information content (AvgIpc) is 3.76. The first-order chi connectivity index (χ1) is 20.1. The van der Waals surface area contributed by atoms with Crippen LogP contribution in [-0.4, -0.2) is 40.2 Å². The van der Waals surface area contributed by atoms with E-state index in [1.54, 1.807) is 29.3 Å². The number of aromatic nitrogens is 7. The number of anilines is 1. The van der Waals surface area contributed by atoms with E-state index < -0.39 is 0 Å². The SMILES string of the molecule is CCc1ncccc1C(=O)N[C@H]1CCc2cc(-n3c(-c4cccnc4N)nc4ccc(-n5cccn5)nc43)ccc21. The number of nitrogens with zero attached hydrogens (tertiary/aromatic N) is 7. The first kappa shape index (κ1) is 24.6. The molecule has 0 saturated carbocycles. The fraction of sp³-hybridized carbons (Fsp3) is 0.161. The van der Waals surface area contributed by atoms with Crippen LogP contribution in [0.25, 0.3) is 34.1 Å². The van der Waals surface area contributed by atoms with Crippen LogP contribution in [0.2, 0.25) is 0 Å². The Morgan fingerprint density at radius 2 is 1.90 bits per heavy atom. The van der Waals surface area contributed by atoms with Gasteiger partial charge in [-0.05, 0) is 85.0 Å². The summed E-state index contributed by atoms with van der Waals surface area (Å²) in [4.78, 5) is 31.7. The second kappa shape index (κ2) is 9.98. The number of aryl methyl sites for hydroxylation is 2. The van der Waals surface area contributed by atoms with Crippen molar-refractivity contribution >= 4 is 22.9 Å². The third-order valence-corrected chi connectivity index (χ3v) is 7.55. The van der Waals surface area contributed by atoms with E-state index >= 15 is 0 Å². The zero-order chi connectivity index (χ0) is 27.9. The Balaban J connectivity index is 1.30. The molecule has 0 radical (unpaired) electrons. The number of amides is 1. The molecule has 5 aromatic heterocycles. The number of carbonyl (C=O) groups is 1. The molecule has 41 heavy (non-hydrogen) atoms. The number of rotatable bonds is 6. The van der Waals surface area contributed by atoms with Gasteiger partial charge in [-0.2, -0.15) is 5.10 Å². The molecule has 1 aliphatic rings. The standard InChI is InChI=1S/C31H27N9O/c1-2-24-22(6-3-14-33-24)31(41)37-25-11-8-19-18-20(9-10-21(19)25)40-29(23-7-4-15-34-28(23)32)36-26-12-13-27(38-30(26)40)39-17-5-16-35-39/h3-7,9-10,12-18,25H,2,8,11H2,1H3,(H2,32,34)(H,37,41)/t25-/m0/s1. The molecule has 0 aliphatic heterocycles. The van der Waals surface area contributed by atoms with E-state index in [4.69, 9.17) is 15.7 Å². The van der Waals surface area contributed by atoms with Crippen molar-refractivity contribution in [2.24, 2.45) is 0 Å². The lowest BCUT2D eigenvalue weighted by atomic mass is 10.1. The molecule has 5 heterocycles. The van der Waals surface area contributed by atoms with Gasteiger partial charge < -0.3 is 11.1 Å². The third-order valence-electron chi connectivity index (χ3n) is 7.55. The number of nitrogens with one attached hydrogen (secondary N) is 1. The quantitative estimate of drug-likeness (QED) is 0.315. The fourth-order valence-corrected chi connectivity index (χ4v) is 5.57. The van der Waals surface area contributed by atoms with Gasteiger partial charge >= 0.3 is 0 Å². The normalized spacial score (nSPS) is 14.3. The maximum Gasteiger partial charge on any atom is 0.253 e. The molecule has 0 bridgehead atoms. The molecule has 0 unspecified atom stereocenters. The number of hydrogen-bond donors (Lipinski definition) is 2. The van der Waals surface area contributed by atoms with Crippen molar-refractivity contribution in [3.05, 3.63) is 108 Å². The zero-order valence-electron chi connectivity index (χ0n) is 22.4. The Hall–Kier alpha value is -5.38. The van der Waals surface area contributed by atoms with Gasteiger partial charge in [-0.25, -0.2) is 19.6 Å². The van der Waals surface area contributed by atoms with Gasteiger partial charge in [0, 0.05) is 30.5 Å². The van der Waals surface area contributed by atoms with Crippen molar-refractivity contribution in [1.29, 1.82) is 0 Å². The molecular formula is C31H27N9O. The Morgan fingerprint density at radius 1 is 1.02 bits per heavy atom. The van der Waals surface area contributed by atoms with E-state index in [1.165, 1.54) is 5.56 Å². The monoisotopic (exact) mass is 541 g/mol. The first-order valence-electron chi connectivity index (χ1n) is 13.6. The molecule has 0 saturated heterocycles. The van der Waals surface area contributed by atoms with Gasteiger partial charge in [0.2, 0.25) is 0 Å². The lowest BCUT2D eigenvalue weighted by Crippen LogP contribution is -2.28. The number of imidazole rings is 1. The van der Waals surface area contributed by atoms with Crippen LogP contribution >= 0.6 is 0 Å². The zero-order valence-corrected chi connectivity index (χ0v) is 22.4. The Kier molecular flexibility index (Phi) is 6.00. The average molecular weight is 542 g/mol. The van der Waals surface area contributed by atoms with Gasteiger partial charge in [0.15, 0.2) is 17.3 Å². The summed E-state index contributed by atoms with van der Waals surface area (Å²) < 4.78 is 3.74. The molecule has 1 atom stereocenters. The summed E-state index contributed by atoms with van der Waals surface area (Å²) >= 11 is 0. The van der Waals surface area contributed by atoms with Gasteiger partial charge in [-0.15, -0.1) is 0 Å². The molecule has 10 heteroatoms. The van der Waals surface area contributed by atoms with E-state index in [2.05, 4.69) is 32.5 Å². The summed E-state index contributed by atoms with van der Waals surface area (Å²) in [6.07, 6.45) is 9.32. The maximum absolute atomic E-state index is 13.2. The highest BCUT2D eigenvalue weighted by molar-refractivity contribution is 5.95. The minimum Gasteiger partial charge on any atom is -0.383 e. The van der Waals surface area contributed by atoms with Crippen LogP contribution in [0.4, 0.5) is 5.82 Å². The summed E-state index contributed by atoms with van der Waals surface area (Å²) in [6, 6.07) is 19.3. The molecule has 6 aromatic rings. The lowest BCUT2D eigenvalue weighted by Gasteiger charge is -2.16. The highest BCUT2D eigenvalue weighted by Crippen LogP contribution is 2.36. The molecule has 202 valence electrons. The van der Waals surface area contributed by atoms with Crippen molar-refractivity contribution < 1.29 is 4.79 Å². The van der Waals surface area contributed by atoms with Crippen LogP contribution in [0, 0.1) is 0 Å². The minimum atomic E-state index is -0.0952. The molecular weight excluding hydrogens is 514 g/mol. The van der Waals surface area contributed by atoms with E-state index in [-0.39, 0.29) is 11.9 Å². The molecule has 0 fully saturated rings. The molecule has 0 spiro atoms. The van der Waals surface area contributed by atoms with Crippen molar-refractivity contribution in [3.63, 3.8) is 0 Å². The van der Waals surface area contributed by atoms with Crippen LogP contribution < -0.4 is 11.1 Å². The predicted octanol–water partition coefficient (Wildman–Crippen LogP) is 4.63. The van der Waals surface area contributed by atoms with Crippen molar-refractivity contribution in [2.75, 3.05) is 5.73 Å². The maximum atomic E-state index is 13.2. The van der Waals surface area contributed by atoms with Gasteiger partial charge in [0.25, 0.3) is 5.91 Å². The van der Waals surface area contributed by atoms with Crippen molar-refractivity contribution in [1.82, 2.24) is 39.6 Å². The summed E-state index contributed by atoms with van der Waals surface area (Å²) in [7, 11) is 0. The molecule has 10 nitrogen and oxygen atoms in total. The number of nitrogens with two attached hydrogens (primary N) is 1. The molecule has 3 N–H and O–H groups in total. The Labute approximate surface area is 235 Å². The summed E-state index contributed by atoms with van der Waals surface area (Å²) in [6.45, 7) is 2.01. The van der Waals surface area contributed by atoms with Crippen LogP contribution in [0.1, 0.15) is 46.6 Å². The lowest BCUT2D eigenvalue weighted by molar-refractivity contribution is 0.0935. The van der Waals surface area contributed by atoms with Crippen molar-refractivity contribution in [3.8, 4) is 22.9 Å². The number of carbonyl (C=O) groups excluding carboxylic acids is 1. The van der Waals surface area contributed by atoms with Gasteiger partial charge in [-0.1, -0.05) is 13.0 Å². The highest BCUT2D eigenvalue weighted by atomic mass is 16.1. The van der Waals surface area contributed by atoms with Gasteiger partial charge in [0.05, 0.1) is 22.9 Å². The first-order valence-corrected chi connectivity index (χ1v) is 13.6. The summed E-state index contributed by atoms with van der Waals surface area (Å²) in [5, 5.41) is 7.58. The second-order valence-corrected chi connectivity index (χ2v) is 9.97. The van der Waals surface area contributed by atoms with E-state index in [9.17, 15) is 4.79 Å². The number of nitrogen functional groups attached to an aromatic ring is 1. The number of fused-ring (bicyclic) bond motifs is 2. The number of pyridine rings is 3. The third kappa shape index (κ3) is 4.29. The van der Waals surface area contributed by atoms with Gasteiger partial charge in [-0.3, -0.25) is 14.3 Å². The highest BCUT2D eigenvalue weighted by Gasteiger charge is 2.27. The second-order valence-electron chi connectivity index (χ2n) is 9.97. The number of benzene rings is 1. The Bertz CT molecular complexity index is 1910. The molecule has 7 rings (SSSR count). The van der Waals surface area contributed by atoms with E-state index in [0.717, 1.165) is 40.9 Å². The largest absolute Gasteiger partial charge is 0.383 e. The molecule has 1 aliphatic carbocycles. The summed E-state index contributed by atoms with van der Waals surface area (Å²) in [5.74, 6) is 1.63. The van der Waals surface area contributed by atoms with E-state index in [0.29, 0.717) is 35.1 Å². The number of hydrogen-bond acceptors (Lipinski definition) is 7. The van der Waals surface area contributed by atoms with Crippen LogP contribution in [0.5, 0.6) is 0 Å². The fourth-order valence-electron chi connectivity index (χ4n) is 5.57. The smallest absolute Gasteiger partial charge is 0.253 e.